The minimum atomic E-state index is -0.574. The third kappa shape index (κ3) is 5.55. The molecule has 3 aromatic rings. The van der Waals surface area contributed by atoms with Crippen molar-refractivity contribution in [3.05, 3.63) is 89.6 Å². The van der Waals surface area contributed by atoms with Gasteiger partial charge in [-0.3, -0.25) is 0 Å². The normalized spacial score (nSPS) is 10.6. The molecule has 0 saturated heterocycles. The molecule has 5 nitrogen and oxygen atoms in total. The molecule has 7 heteroatoms. The van der Waals surface area contributed by atoms with Gasteiger partial charge in [0.2, 0.25) is 5.88 Å². The van der Waals surface area contributed by atoms with Gasteiger partial charge in [-0.1, -0.05) is 18.7 Å². The van der Waals surface area contributed by atoms with Gasteiger partial charge in [-0.15, -0.1) is 0 Å². The van der Waals surface area contributed by atoms with Crippen molar-refractivity contribution in [1.29, 1.82) is 0 Å². The molecule has 3 N–H and O–H groups in total. The van der Waals surface area contributed by atoms with Gasteiger partial charge in [-0.25, -0.2) is 13.8 Å². The zero-order valence-corrected chi connectivity index (χ0v) is 16.6. The Hall–Kier alpha value is -3.45. The van der Waals surface area contributed by atoms with Crippen molar-refractivity contribution >= 4 is 5.70 Å². The third-order valence-electron chi connectivity index (χ3n) is 4.47. The number of nitrogens with two attached hydrogens (primary N) is 1. The molecule has 0 aliphatic heterocycles. The molecule has 0 aliphatic carbocycles. The molecule has 0 spiro atoms. The van der Waals surface area contributed by atoms with Gasteiger partial charge in [-0.05, 0) is 48.4 Å². The van der Waals surface area contributed by atoms with Crippen LogP contribution in [0.15, 0.2) is 61.3 Å². The maximum atomic E-state index is 13.7. The van der Waals surface area contributed by atoms with Gasteiger partial charge in [0, 0.05) is 36.1 Å². The Morgan fingerprint density at radius 3 is 2.60 bits per heavy atom. The number of hydrogen-bond donors (Lipinski definition) is 2. The summed E-state index contributed by atoms with van der Waals surface area (Å²) < 4.78 is 37.8. The van der Waals surface area contributed by atoms with Gasteiger partial charge in [0.1, 0.15) is 11.6 Å². The highest BCUT2D eigenvalue weighted by Gasteiger charge is 2.09. The number of ether oxygens (including phenoxy) is 2. The predicted octanol–water partition coefficient (Wildman–Crippen LogP) is 4.42. The second-order valence-corrected chi connectivity index (χ2v) is 6.66. The Balaban J connectivity index is 1.57. The summed E-state index contributed by atoms with van der Waals surface area (Å²) in [5.41, 5.74) is 8.26. The van der Waals surface area contributed by atoms with E-state index in [0.717, 1.165) is 17.2 Å². The molecule has 0 radical (unpaired) electrons. The van der Waals surface area contributed by atoms with Crippen molar-refractivity contribution in [2.45, 2.75) is 13.0 Å². The molecule has 0 atom stereocenters. The van der Waals surface area contributed by atoms with Crippen molar-refractivity contribution in [3.63, 3.8) is 0 Å². The Morgan fingerprint density at radius 2 is 1.93 bits per heavy atom. The minimum Gasteiger partial charge on any atom is -0.493 e. The highest BCUT2D eigenvalue weighted by Crippen LogP contribution is 2.31. The second kappa shape index (κ2) is 9.84. The Labute approximate surface area is 174 Å². The molecule has 1 aromatic heterocycles. The van der Waals surface area contributed by atoms with Crippen LogP contribution in [0.2, 0.25) is 0 Å². The number of benzene rings is 2. The number of hydrogen-bond acceptors (Lipinski definition) is 5. The van der Waals surface area contributed by atoms with E-state index in [9.17, 15) is 8.78 Å². The lowest BCUT2D eigenvalue weighted by Gasteiger charge is -2.12. The number of methoxy groups -OCH3 is 1. The fourth-order valence-corrected chi connectivity index (χ4v) is 2.83. The number of nitrogens with one attached hydrogen (secondary N) is 1. The van der Waals surface area contributed by atoms with E-state index in [0.29, 0.717) is 48.1 Å². The zero-order chi connectivity index (χ0) is 21.5. The summed E-state index contributed by atoms with van der Waals surface area (Å²) in [6.45, 7) is 4.78. The van der Waals surface area contributed by atoms with Gasteiger partial charge in [-0.2, -0.15) is 0 Å². The lowest BCUT2D eigenvalue weighted by Crippen LogP contribution is -2.17. The molecule has 0 aliphatic rings. The van der Waals surface area contributed by atoms with Crippen molar-refractivity contribution in [3.8, 4) is 17.4 Å². The van der Waals surface area contributed by atoms with Crippen LogP contribution in [-0.4, -0.2) is 18.6 Å². The lowest BCUT2D eigenvalue weighted by atomic mass is 10.1. The standard InChI is InChI=1S/C23H23F2N3O2/c1-15(26)18-5-8-23(28-14-18)30-21-7-3-16(11-22(21)29-2)13-27-10-9-17-4-6-19(24)12-20(17)25/h3-8,11-12,14,27H,1,9-10,13,26H2,2H3. The summed E-state index contributed by atoms with van der Waals surface area (Å²) in [6, 6.07) is 12.7. The van der Waals surface area contributed by atoms with E-state index in [1.54, 1.807) is 31.5 Å². The van der Waals surface area contributed by atoms with E-state index in [2.05, 4.69) is 16.9 Å². The predicted molar refractivity (Wildman–Crippen MR) is 112 cm³/mol. The van der Waals surface area contributed by atoms with Crippen LogP contribution in [0.1, 0.15) is 16.7 Å². The molecule has 156 valence electrons. The monoisotopic (exact) mass is 411 g/mol. The highest BCUT2D eigenvalue weighted by molar-refractivity contribution is 5.59. The highest BCUT2D eigenvalue weighted by atomic mass is 19.1. The maximum absolute atomic E-state index is 13.7. The van der Waals surface area contributed by atoms with Crippen molar-refractivity contribution in [1.82, 2.24) is 10.3 Å². The molecular weight excluding hydrogens is 388 g/mol. The van der Waals surface area contributed by atoms with Gasteiger partial charge >= 0.3 is 0 Å². The molecular formula is C23H23F2N3O2. The molecule has 3 rings (SSSR count). The van der Waals surface area contributed by atoms with E-state index in [4.69, 9.17) is 15.2 Å². The quantitative estimate of drug-likeness (QED) is 0.510. The lowest BCUT2D eigenvalue weighted by molar-refractivity contribution is 0.373. The molecule has 0 saturated carbocycles. The van der Waals surface area contributed by atoms with Crippen molar-refractivity contribution in [2.24, 2.45) is 5.73 Å². The molecule has 0 unspecified atom stereocenters. The SMILES string of the molecule is C=C(N)c1ccc(Oc2ccc(CNCCc3ccc(F)cc3F)cc2OC)nc1. The van der Waals surface area contributed by atoms with E-state index < -0.39 is 11.6 Å². The topological polar surface area (TPSA) is 69.4 Å². The first-order valence-electron chi connectivity index (χ1n) is 9.36. The van der Waals surface area contributed by atoms with E-state index in [1.807, 2.05) is 12.1 Å². The summed E-state index contributed by atoms with van der Waals surface area (Å²) >= 11 is 0. The van der Waals surface area contributed by atoms with E-state index in [-0.39, 0.29) is 0 Å². The summed E-state index contributed by atoms with van der Waals surface area (Å²) in [5, 5.41) is 3.24. The number of rotatable bonds is 9. The average Bonchev–Trinajstić information content (AvgIpc) is 2.73. The fourth-order valence-electron chi connectivity index (χ4n) is 2.83. The average molecular weight is 411 g/mol. The van der Waals surface area contributed by atoms with Crippen LogP contribution in [0.3, 0.4) is 0 Å². The van der Waals surface area contributed by atoms with E-state index in [1.165, 1.54) is 12.1 Å². The number of aromatic nitrogens is 1. The van der Waals surface area contributed by atoms with Crippen LogP contribution in [0.25, 0.3) is 5.70 Å². The molecule has 2 aromatic carbocycles. The van der Waals surface area contributed by atoms with Gasteiger partial charge in [0.15, 0.2) is 11.5 Å². The van der Waals surface area contributed by atoms with Crippen LogP contribution in [-0.2, 0) is 13.0 Å². The van der Waals surface area contributed by atoms with Crippen molar-refractivity contribution in [2.75, 3.05) is 13.7 Å². The van der Waals surface area contributed by atoms with Gasteiger partial charge in [0.25, 0.3) is 0 Å². The Bertz CT molecular complexity index is 1020. The van der Waals surface area contributed by atoms with Gasteiger partial charge in [0.05, 0.1) is 7.11 Å². The zero-order valence-electron chi connectivity index (χ0n) is 16.6. The Morgan fingerprint density at radius 1 is 1.10 bits per heavy atom. The maximum Gasteiger partial charge on any atom is 0.219 e. The first kappa shape index (κ1) is 21.3. The summed E-state index contributed by atoms with van der Waals surface area (Å²) in [6.07, 6.45) is 2.05. The van der Waals surface area contributed by atoms with Crippen LogP contribution >= 0.6 is 0 Å². The van der Waals surface area contributed by atoms with Crippen molar-refractivity contribution < 1.29 is 18.3 Å². The van der Waals surface area contributed by atoms with Gasteiger partial charge < -0.3 is 20.5 Å². The summed E-state index contributed by atoms with van der Waals surface area (Å²) in [7, 11) is 1.56. The smallest absolute Gasteiger partial charge is 0.219 e. The first-order chi connectivity index (χ1) is 14.5. The largest absolute Gasteiger partial charge is 0.493 e. The van der Waals surface area contributed by atoms with Crippen LogP contribution in [0.5, 0.6) is 17.4 Å². The third-order valence-corrected chi connectivity index (χ3v) is 4.47. The molecule has 0 amide bonds. The van der Waals surface area contributed by atoms with Crippen LogP contribution in [0, 0.1) is 11.6 Å². The first-order valence-corrected chi connectivity index (χ1v) is 9.36. The molecule has 0 bridgehead atoms. The number of pyridine rings is 1. The number of halogens is 2. The van der Waals surface area contributed by atoms with Crippen LogP contribution in [0.4, 0.5) is 8.78 Å². The summed E-state index contributed by atoms with van der Waals surface area (Å²) in [4.78, 5) is 4.21. The minimum absolute atomic E-state index is 0.408. The fraction of sp³-hybridized carbons (Fsp3) is 0.174. The summed E-state index contributed by atoms with van der Waals surface area (Å²) in [5.74, 6) is 0.395. The molecule has 1 heterocycles. The Kier molecular flexibility index (Phi) is 6.98. The van der Waals surface area contributed by atoms with Crippen LogP contribution < -0.4 is 20.5 Å². The molecule has 30 heavy (non-hydrogen) atoms. The number of nitrogens with zero attached hydrogens (tertiary/aromatic N) is 1. The van der Waals surface area contributed by atoms with E-state index >= 15 is 0 Å². The second-order valence-electron chi connectivity index (χ2n) is 6.66. The molecule has 0 fully saturated rings.